The van der Waals surface area contributed by atoms with E-state index in [1.807, 2.05) is 5.32 Å². The molecule has 12 heteroatoms. The van der Waals surface area contributed by atoms with Crippen LogP contribution in [0.4, 0.5) is 18.9 Å². The van der Waals surface area contributed by atoms with Gasteiger partial charge >= 0.3 is 12.1 Å². The van der Waals surface area contributed by atoms with Gasteiger partial charge in [-0.05, 0) is 61.8 Å². The maximum atomic E-state index is 13.1. The highest BCUT2D eigenvalue weighted by Gasteiger charge is 2.40. The fourth-order valence-corrected chi connectivity index (χ4v) is 5.38. The van der Waals surface area contributed by atoms with Gasteiger partial charge in [0.15, 0.2) is 0 Å². The summed E-state index contributed by atoms with van der Waals surface area (Å²) in [6.45, 7) is 0.123. The van der Waals surface area contributed by atoms with Crippen LogP contribution in [0.5, 0.6) is 0 Å². The molecule has 0 radical (unpaired) electrons. The summed E-state index contributed by atoms with van der Waals surface area (Å²) in [7, 11) is 0. The first kappa shape index (κ1) is 25.2. The second-order valence-corrected chi connectivity index (χ2v) is 10.3. The van der Waals surface area contributed by atoms with Crippen molar-refractivity contribution in [1.29, 1.82) is 0 Å². The number of nitrogens with zero attached hydrogens (tertiary/aromatic N) is 1. The summed E-state index contributed by atoms with van der Waals surface area (Å²) in [6, 6.07) is 7.83. The Morgan fingerprint density at radius 1 is 1.03 bits per heavy atom. The number of thiophene rings is 1. The highest BCUT2D eigenvalue weighted by atomic mass is 35.5. The molecule has 0 saturated heterocycles. The van der Waals surface area contributed by atoms with Gasteiger partial charge in [-0.2, -0.15) is 13.2 Å². The number of benzene rings is 1. The number of hydrogen-bond donors (Lipinski definition) is 2. The Morgan fingerprint density at radius 2 is 1.71 bits per heavy atom. The van der Waals surface area contributed by atoms with Crippen molar-refractivity contribution in [2.45, 2.75) is 31.9 Å². The van der Waals surface area contributed by atoms with Crippen molar-refractivity contribution in [1.82, 2.24) is 10.2 Å². The average Bonchev–Trinajstić information content (AvgIpc) is 3.35. The topological polar surface area (TPSA) is 95.6 Å². The molecule has 2 aromatic rings. The Morgan fingerprint density at radius 3 is 2.34 bits per heavy atom. The fourth-order valence-electron chi connectivity index (χ4n) is 4.44. The molecule has 1 aliphatic heterocycles. The lowest BCUT2D eigenvalue weighted by Crippen LogP contribution is -2.41. The average molecular weight is 528 g/mol. The van der Waals surface area contributed by atoms with Crippen molar-refractivity contribution >= 4 is 52.3 Å². The standard InChI is InChI=1S/C23H21ClF3N3O4S/c24-17-9-8-16(35-17)19(31)29-15-3-1-2-14-18(15)21(33)30(20(14)32)11-13-6-4-12(5-7-13)10-28-22(34)23(25,26)27/h1-3,8-9,12-13H,4-7,10-11H2,(H,28,34)(H,29,31). The number of nitrogens with one attached hydrogen (secondary N) is 2. The Bertz CT molecular complexity index is 1180. The summed E-state index contributed by atoms with van der Waals surface area (Å²) in [5, 5.41) is 4.60. The summed E-state index contributed by atoms with van der Waals surface area (Å²) in [5.41, 5.74) is 0.583. The number of imide groups is 1. The van der Waals surface area contributed by atoms with Gasteiger partial charge in [-0.3, -0.25) is 24.1 Å². The first-order valence-electron chi connectivity index (χ1n) is 11.0. The largest absolute Gasteiger partial charge is 0.471 e. The summed E-state index contributed by atoms with van der Waals surface area (Å²) in [6.07, 6.45) is -2.52. The minimum absolute atomic E-state index is 0.00178. The Labute approximate surface area is 207 Å². The number of hydrogen-bond acceptors (Lipinski definition) is 5. The smallest absolute Gasteiger partial charge is 0.348 e. The third kappa shape index (κ3) is 5.51. The van der Waals surface area contributed by atoms with Gasteiger partial charge in [0.25, 0.3) is 17.7 Å². The van der Waals surface area contributed by atoms with E-state index in [-0.39, 0.29) is 41.7 Å². The maximum absolute atomic E-state index is 13.1. The first-order chi connectivity index (χ1) is 16.5. The zero-order valence-corrected chi connectivity index (χ0v) is 19.9. The molecule has 1 aromatic heterocycles. The molecule has 2 aliphatic rings. The van der Waals surface area contributed by atoms with E-state index >= 15 is 0 Å². The number of carbonyl (C=O) groups excluding carboxylic acids is 4. The van der Waals surface area contributed by atoms with Crippen LogP contribution in [0.1, 0.15) is 56.1 Å². The molecule has 2 heterocycles. The van der Waals surface area contributed by atoms with E-state index in [1.54, 1.807) is 24.3 Å². The number of amides is 4. The molecule has 0 spiro atoms. The van der Waals surface area contributed by atoms with Gasteiger partial charge in [0, 0.05) is 13.1 Å². The summed E-state index contributed by atoms with van der Waals surface area (Å²) < 4.78 is 37.5. The molecule has 4 amide bonds. The Kier molecular flexibility index (Phi) is 7.18. The van der Waals surface area contributed by atoms with Gasteiger partial charge in [-0.1, -0.05) is 17.7 Å². The Hall–Kier alpha value is -2.92. The van der Waals surface area contributed by atoms with E-state index < -0.39 is 29.8 Å². The molecule has 1 aliphatic carbocycles. The molecular weight excluding hydrogens is 507 g/mol. The van der Waals surface area contributed by atoms with E-state index in [4.69, 9.17) is 11.6 Å². The molecule has 0 atom stereocenters. The van der Waals surface area contributed by atoms with Crippen LogP contribution in [0, 0.1) is 11.8 Å². The van der Waals surface area contributed by atoms with Crippen LogP contribution in [0.3, 0.4) is 0 Å². The molecule has 1 aromatic carbocycles. The normalized spacial score (nSPS) is 20.1. The quantitative estimate of drug-likeness (QED) is 0.531. The maximum Gasteiger partial charge on any atom is 0.471 e. The molecular formula is C23H21ClF3N3O4S. The number of rotatable bonds is 6. The number of carbonyl (C=O) groups is 4. The Balaban J connectivity index is 1.36. The molecule has 1 saturated carbocycles. The van der Waals surface area contributed by atoms with Crippen LogP contribution < -0.4 is 10.6 Å². The summed E-state index contributed by atoms with van der Waals surface area (Å²) >= 11 is 6.98. The van der Waals surface area contributed by atoms with Crippen molar-refractivity contribution < 1.29 is 32.3 Å². The lowest BCUT2D eigenvalue weighted by atomic mass is 9.81. The van der Waals surface area contributed by atoms with Crippen molar-refractivity contribution in [2.75, 3.05) is 18.4 Å². The second-order valence-electron chi connectivity index (χ2n) is 8.60. The lowest BCUT2D eigenvalue weighted by Gasteiger charge is -2.30. The van der Waals surface area contributed by atoms with Gasteiger partial charge in [0.1, 0.15) is 0 Å². The van der Waals surface area contributed by atoms with Crippen molar-refractivity contribution in [3.05, 3.63) is 50.7 Å². The molecule has 1 fully saturated rings. The third-order valence-corrected chi connectivity index (χ3v) is 7.49. The highest BCUT2D eigenvalue weighted by Crippen LogP contribution is 2.34. The first-order valence-corrected chi connectivity index (χ1v) is 12.1. The second kappa shape index (κ2) is 9.98. The molecule has 2 N–H and O–H groups in total. The van der Waals surface area contributed by atoms with Gasteiger partial charge in [-0.25, -0.2) is 0 Å². The molecule has 186 valence electrons. The van der Waals surface area contributed by atoms with Crippen molar-refractivity contribution in [3.8, 4) is 0 Å². The molecule has 0 bridgehead atoms. The zero-order chi connectivity index (χ0) is 25.3. The van der Waals surface area contributed by atoms with Gasteiger partial charge in [-0.15, -0.1) is 11.3 Å². The summed E-state index contributed by atoms with van der Waals surface area (Å²) in [4.78, 5) is 51.2. The lowest BCUT2D eigenvalue weighted by molar-refractivity contribution is -0.173. The van der Waals surface area contributed by atoms with Crippen molar-refractivity contribution in [2.24, 2.45) is 11.8 Å². The highest BCUT2D eigenvalue weighted by molar-refractivity contribution is 7.18. The zero-order valence-electron chi connectivity index (χ0n) is 18.3. The van der Waals surface area contributed by atoms with Crippen LogP contribution in [0.2, 0.25) is 4.34 Å². The van der Waals surface area contributed by atoms with Crippen LogP contribution in [0.15, 0.2) is 30.3 Å². The monoisotopic (exact) mass is 527 g/mol. The molecule has 7 nitrogen and oxygen atoms in total. The molecule has 0 unspecified atom stereocenters. The SMILES string of the molecule is O=C(Nc1cccc2c1C(=O)N(CC1CCC(CNC(=O)C(F)(F)F)CC1)C2=O)c1ccc(Cl)s1. The van der Waals surface area contributed by atoms with E-state index in [9.17, 15) is 32.3 Å². The van der Waals surface area contributed by atoms with E-state index in [2.05, 4.69) is 5.32 Å². The summed E-state index contributed by atoms with van der Waals surface area (Å²) in [5.74, 6) is -3.42. The predicted octanol–water partition coefficient (Wildman–Crippen LogP) is 4.73. The minimum atomic E-state index is -4.90. The third-order valence-electron chi connectivity index (χ3n) is 6.26. The molecule has 35 heavy (non-hydrogen) atoms. The van der Waals surface area contributed by atoms with Crippen LogP contribution in [-0.2, 0) is 4.79 Å². The van der Waals surface area contributed by atoms with Gasteiger partial charge in [0.05, 0.1) is 26.0 Å². The predicted molar refractivity (Wildman–Crippen MR) is 124 cm³/mol. The van der Waals surface area contributed by atoms with E-state index in [0.717, 1.165) is 11.3 Å². The molecule has 4 rings (SSSR count). The van der Waals surface area contributed by atoms with Crippen molar-refractivity contribution in [3.63, 3.8) is 0 Å². The van der Waals surface area contributed by atoms with E-state index in [1.165, 1.54) is 11.0 Å². The number of alkyl halides is 3. The number of halogens is 4. The van der Waals surface area contributed by atoms with Crippen LogP contribution in [-0.4, -0.2) is 47.8 Å². The van der Waals surface area contributed by atoms with Gasteiger partial charge < -0.3 is 10.6 Å². The van der Waals surface area contributed by atoms with Crippen LogP contribution >= 0.6 is 22.9 Å². The fraction of sp³-hybridized carbons (Fsp3) is 0.391. The van der Waals surface area contributed by atoms with Gasteiger partial charge in [0.2, 0.25) is 0 Å². The van der Waals surface area contributed by atoms with E-state index in [0.29, 0.717) is 34.9 Å². The minimum Gasteiger partial charge on any atom is -0.348 e. The number of anilines is 1. The number of fused-ring (bicyclic) bond motifs is 1. The van der Waals surface area contributed by atoms with Crippen LogP contribution in [0.25, 0.3) is 0 Å².